The highest BCUT2D eigenvalue weighted by Crippen LogP contribution is 2.23. The number of benzene rings is 1. The molecule has 0 saturated carbocycles. The average Bonchev–Trinajstić information content (AvgIpc) is 2.68. The predicted octanol–water partition coefficient (Wildman–Crippen LogP) is 3.00. The Hall–Kier alpha value is -2.47. The summed E-state index contributed by atoms with van der Waals surface area (Å²) in [5.41, 5.74) is 4.36. The van der Waals surface area contributed by atoms with Gasteiger partial charge < -0.3 is 15.0 Å². The first-order chi connectivity index (χ1) is 12.6. The molecule has 0 atom stereocenters. The molecule has 1 fully saturated rings. The molecule has 1 aromatic carbocycles. The number of rotatable bonds is 5. The number of carbonyl (C=O) groups excluding carboxylic acids is 1. The molecule has 3 rings (SSSR count). The standard InChI is InChI=1S/C20H26N4O2/c1-4-15-7-6-8-16(5-2)18(15)23-19(25)17-13-14(3)21-20(22-17)24-9-11-26-12-10-24/h6-8,13H,4-5,9-12H2,1-3H3,(H,23,25). The van der Waals surface area contributed by atoms with Crippen LogP contribution in [0, 0.1) is 6.92 Å². The number of aryl methyl sites for hydroxylation is 3. The molecule has 2 aromatic rings. The van der Waals surface area contributed by atoms with Gasteiger partial charge in [-0.15, -0.1) is 0 Å². The Bertz CT molecular complexity index is 763. The average molecular weight is 354 g/mol. The predicted molar refractivity (Wildman–Crippen MR) is 103 cm³/mol. The van der Waals surface area contributed by atoms with Crippen LogP contribution in [0.25, 0.3) is 0 Å². The molecule has 1 saturated heterocycles. The summed E-state index contributed by atoms with van der Waals surface area (Å²) in [6.07, 6.45) is 1.73. The number of amides is 1. The van der Waals surface area contributed by atoms with Crippen molar-refractivity contribution in [3.8, 4) is 0 Å². The smallest absolute Gasteiger partial charge is 0.274 e. The van der Waals surface area contributed by atoms with Crippen molar-refractivity contribution >= 4 is 17.5 Å². The maximum atomic E-state index is 12.9. The van der Waals surface area contributed by atoms with E-state index >= 15 is 0 Å². The van der Waals surface area contributed by atoms with Gasteiger partial charge in [-0.2, -0.15) is 0 Å². The second-order valence-corrected chi connectivity index (χ2v) is 6.41. The van der Waals surface area contributed by atoms with Crippen molar-refractivity contribution in [1.29, 1.82) is 0 Å². The monoisotopic (exact) mass is 354 g/mol. The van der Waals surface area contributed by atoms with Gasteiger partial charge in [0.2, 0.25) is 5.95 Å². The van der Waals surface area contributed by atoms with Crippen LogP contribution in [0.4, 0.5) is 11.6 Å². The van der Waals surface area contributed by atoms with Gasteiger partial charge in [-0.25, -0.2) is 9.97 Å². The summed E-state index contributed by atoms with van der Waals surface area (Å²) in [5.74, 6) is 0.401. The largest absolute Gasteiger partial charge is 0.378 e. The van der Waals surface area contributed by atoms with E-state index in [0.29, 0.717) is 24.9 Å². The van der Waals surface area contributed by atoms with Crippen LogP contribution < -0.4 is 10.2 Å². The lowest BCUT2D eigenvalue weighted by atomic mass is 10.0. The number of nitrogens with one attached hydrogen (secondary N) is 1. The van der Waals surface area contributed by atoms with Crippen LogP contribution in [0.5, 0.6) is 0 Å². The third-order valence-electron chi connectivity index (χ3n) is 4.61. The molecule has 0 spiro atoms. The molecular formula is C20H26N4O2. The van der Waals surface area contributed by atoms with E-state index in [0.717, 1.165) is 48.4 Å². The van der Waals surface area contributed by atoms with E-state index in [1.165, 1.54) is 0 Å². The molecule has 1 aliphatic rings. The zero-order valence-electron chi connectivity index (χ0n) is 15.7. The van der Waals surface area contributed by atoms with Crippen LogP contribution in [0.3, 0.4) is 0 Å². The zero-order chi connectivity index (χ0) is 18.5. The number of hydrogen-bond acceptors (Lipinski definition) is 5. The summed E-state index contributed by atoms with van der Waals surface area (Å²) in [4.78, 5) is 24.0. The van der Waals surface area contributed by atoms with Gasteiger partial charge in [0.25, 0.3) is 5.91 Å². The first-order valence-corrected chi connectivity index (χ1v) is 9.22. The lowest BCUT2D eigenvalue weighted by Crippen LogP contribution is -2.37. The molecule has 1 amide bonds. The zero-order valence-corrected chi connectivity index (χ0v) is 15.7. The van der Waals surface area contributed by atoms with Gasteiger partial charge in [0.15, 0.2) is 0 Å². The minimum Gasteiger partial charge on any atom is -0.378 e. The molecule has 0 aliphatic carbocycles. The lowest BCUT2D eigenvalue weighted by Gasteiger charge is -2.27. The first kappa shape index (κ1) is 18.3. The molecule has 1 N–H and O–H groups in total. The fourth-order valence-corrected chi connectivity index (χ4v) is 3.15. The van der Waals surface area contributed by atoms with E-state index < -0.39 is 0 Å². The van der Waals surface area contributed by atoms with E-state index in [9.17, 15) is 4.79 Å². The minimum absolute atomic E-state index is 0.194. The van der Waals surface area contributed by atoms with Crippen molar-refractivity contribution in [2.75, 3.05) is 36.5 Å². The van der Waals surface area contributed by atoms with Crippen molar-refractivity contribution in [2.45, 2.75) is 33.6 Å². The fourth-order valence-electron chi connectivity index (χ4n) is 3.15. The summed E-state index contributed by atoms with van der Waals surface area (Å²) in [5, 5.41) is 3.08. The Morgan fingerprint density at radius 1 is 1.15 bits per heavy atom. The van der Waals surface area contributed by atoms with Crippen LogP contribution in [0.15, 0.2) is 24.3 Å². The van der Waals surface area contributed by atoms with Crippen molar-refractivity contribution in [1.82, 2.24) is 9.97 Å². The number of ether oxygens (including phenoxy) is 1. The molecule has 138 valence electrons. The molecule has 6 nitrogen and oxygen atoms in total. The Morgan fingerprint density at radius 2 is 1.81 bits per heavy atom. The molecule has 6 heteroatoms. The van der Waals surface area contributed by atoms with Crippen LogP contribution in [0.1, 0.15) is 41.2 Å². The second kappa shape index (κ2) is 8.27. The quantitative estimate of drug-likeness (QED) is 0.894. The van der Waals surface area contributed by atoms with Crippen molar-refractivity contribution in [3.05, 3.63) is 46.8 Å². The molecule has 26 heavy (non-hydrogen) atoms. The highest BCUT2D eigenvalue weighted by molar-refractivity contribution is 6.04. The van der Waals surface area contributed by atoms with Crippen LogP contribution in [-0.4, -0.2) is 42.2 Å². The number of hydrogen-bond donors (Lipinski definition) is 1. The highest BCUT2D eigenvalue weighted by Gasteiger charge is 2.18. The summed E-state index contributed by atoms with van der Waals surface area (Å²) in [6, 6.07) is 7.89. The van der Waals surface area contributed by atoms with Crippen molar-refractivity contribution in [3.63, 3.8) is 0 Å². The number of morpholine rings is 1. The maximum Gasteiger partial charge on any atom is 0.274 e. The second-order valence-electron chi connectivity index (χ2n) is 6.41. The molecule has 0 bridgehead atoms. The molecule has 0 radical (unpaired) electrons. The van der Waals surface area contributed by atoms with Crippen LogP contribution in [-0.2, 0) is 17.6 Å². The Labute approximate surface area is 154 Å². The number of aromatic nitrogens is 2. The Morgan fingerprint density at radius 3 is 2.42 bits per heavy atom. The highest BCUT2D eigenvalue weighted by atomic mass is 16.5. The molecule has 0 unspecified atom stereocenters. The van der Waals surface area contributed by atoms with Gasteiger partial charge in [0.1, 0.15) is 5.69 Å². The summed E-state index contributed by atoms with van der Waals surface area (Å²) < 4.78 is 5.38. The van der Waals surface area contributed by atoms with Crippen LogP contribution in [0.2, 0.25) is 0 Å². The van der Waals surface area contributed by atoms with Crippen molar-refractivity contribution in [2.24, 2.45) is 0 Å². The van der Waals surface area contributed by atoms with E-state index in [1.54, 1.807) is 6.07 Å². The summed E-state index contributed by atoms with van der Waals surface area (Å²) >= 11 is 0. The minimum atomic E-state index is -0.194. The van der Waals surface area contributed by atoms with Gasteiger partial charge in [0, 0.05) is 24.5 Å². The number of anilines is 2. The Balaban J connectivity index is 1.88. The topological polar surface area (TPSA) is 67.4 Å². The van der Waals surface area contributed by atoms with E-state index in [2.05, 4.69) is 46.2 Å². The van der Waals surface area contributed by atoms with Gasteiger partial charge in [-0.3, -0.25) is 4.79 Å². The third-order valence-corrected chi connectivity index (χ3v) is 4.61. The van der Waals surface area contributed by atoms with E-state index in [-0.39, 0.29) is 5.91 Å². The van der Waals surface area contributed by atoms with Crippen molar-refractivity contribution < 1.29 is 9.53 Å². The molecular weight excluding hydrogens is 328 g/mol. The molecule has 2 heterocycles. The van der Waals surface area contributed by atoms with Crippen LogP contribution >= 0.6 is 0 Å². The Kier molecular flexibility index (Phi) is 5.83. The fraction of sp³-hybridized carbons (Fsp3) is 0.450. The maximum absolute atomic E-state index is 12.9. The third kappa shape index (κ3) is 4.02. The lowest BCUT2D eigenvalue weighted by molar-refractivity contribution is 0.102. The van der Waals surface area contributed by atoms with E-state index in [4.69, 9.17) is 4.74 Å². The summed E-state index contributed by atoms with van der Waals surface area (Å²) in [7, 11) is 0. The number of para-hydroxylation sites is 1. The van der Waals surface area contributed by atoms with E-state index in [1.807, 2.05) is 13.0 Å². The first-order valence-electron chi connectivity index (χ1n) is 9.22. The summed E-state index contributed by atoms with van der Waals surface area (Å²) in [6.45, 7) is 8.86. The molecule has 1 aliphatic heterocycles. The number of nitrogens with zero attached hydrogens (tertiary/aromatic N) is 3. The SMILES string of the molecule is CCc1cccc(CC)c1NC(=O)c1cc(C)nc(N2CCOCC2)n1. The van der Waals surface area contributed by atoms with Gasteiger partial charge >= 0.3 is 0 Å². The molecule has 1 aromatic heterocycles. The van der Waals surface area contributed by atoms with Gasteiger partial charge in [0.05, 0.1) is 13.2 Å². The van der Waals surface area contributed by atoms with Gasteiger partial charge in [-0.1, -0.05) is 32.0 Å². The van der Waals surface area contributed by atoms with Gasteiger partial charge in [-0.05, 0) is 37.0 Å². The number of carbonyl (C=O) groups is 1. The normalized spacial score (nSPS) is 14.3.